The summed E-state index contributed by atoms with van der Waals surface area (Å²) in [7, 11) is 0. The van der Waals surface area contributed by atoms with E-state index in [-0.39, 0.29) is 37.2 Å². The highest BCUT2D eigenvalue weighted by molar-refractivity contribution is 5.67. The van der Waals surface area contributed by atoms with Crippen molar-refractivity contribution < 1.29 is 27.8 Å². The van der Waals surface area contributed by atoms with Crippen molar-refractivity contribution >= 4 is 5.97 Å². The first-order chi connectivity index (χ1) is 10.2. The molecular formula is C15H20F3NO3. The molecule has 0 aliphatic heterocycles. The number of ether oxygens (including phenoxy) is 1. The number of benzene rings is 1. The summed E-state index contributed by atoms with van der Waals surface area (Å²) in [6.07, 6.45) is -4.04. The Labute approximate surface area is 127 Å². The van der Waals surface area contributed by atoms with E-state index in [9.17, 15) is 18.0 Å². The molecule has 0 radical (unpaired) electrons. The summed E-state index contributed by atoms with van der Waals surface area (Å²) in [6, 6.07) is 5.01. The van der Waals surface area contributed by atoms with Gasteiger partial charge in [0.15, 0.2) is 0 Å². The number of aliphatic carboxylic acids is 1. The van der Waals surface area contributed by atoms with Crippen LogP contribution in [0.3, 0.4) is 0 Å². The largest absolute Gasteiger partial charge is 0.493 e. The zero-order valence-corrected chi connectivity index (χ0v) is 12.3. The number of alkyl halides is 3. The Kier molecular flexibility index (Phi) is 6.67. The minimum atomic E-state index is -4.47. The highest BCUT2D eigenvalue weighted by Gasteiger charge is 2.34. The molecule has 1 rings (SSSR count). The van der Waals surface area contributed by atoms with E-state index in [1.165, 1.54) is 18.2 Å². The van der Waals surface area contributed by atoms with Crippen molar-refractivity contribution in [3.05, 3.63) is 29.8 Å². The number of hydrogen-bond donors (Lipinski definition) is 2. The molecule has 0 fully saturated rings. The Bertz CT molecular complexity index is 491. The first-order valence-electron chi connectivity index (χ1n) is 6.95. The van der Waals surface area contributed by atoms with Crippen LogP contribution in [0.5, 0.6) is 5.75 Å². The van der Waals surface area contributed by atoms with Gasteiger partial charge in [-0.2, -0.15) is 13.2 Å². The standard InChI is InChI=1S/C15H20F3NO3/c1-10(6-11(8-19)7-14(20)21)9-22-13-5-3-2-4-12(13)15(16,17)18/h2-5,10-11H,6-9,19H2,1H3,(H,20,21). The summed E-state index contributed by atoms with van der Waals surface area (Å²) in [4.78, 5) is 10.7. The van der Waals surface area contributed by atoms with Crippen LogP contribution in [0.25, 0.3) is 0 Å². The topological polar surface area (TPSA) is 72.5 Å². The molecule has 0 aromatic heterocycles. The lowest BCUT2D eigenvalue weighted by Crippen LogP contribution is -2.23. The van der Waals surface area contributed by atoms with Crippen molar-refractivity contribution in [1.82, 2.24) is 0 Å². The van der Waals surface area contributed by atoms with Crippen LogP contribution < -0.4 is 10.5 Å². The van der Waals surface area contributed by atoms with Gasteiger partial charge in [-0.25, -0.2) is 0 Å². The summed E-state index contributed by atoms with van der Waals surface area (Å²) < 4.78 is 43.7. The lowest BCUT2D eigenvalue weighted by molar-refractivity contribution is -0.139. The molecule has 0 saturated carbocycles. The third kappa shape index (κ3) is 5.93. The van der Waals surface area contributed by atoms with Crippen LogP contribution in [0.4, 0.5) is 13.2 Å². The van der Waals surface area contributed by atoms with E-state index in [1.807, 2.05) is 0 Å². The van der Waals surface area contributed by atoms with E-state index in [0.717, 1.165) is 6.07 Å². The summed E-state index contributed by atoms with van der Waals surface area (Å²) in [5.74, 6) is -1.47. The lowest BCUT2D eigenvalue weighted by Gasteiger charge is -2.20. The molecular weight excluding hydrogens is 299 g/mol. The van der Waals surface area contributed by atoms with Gasteiger partial charge in [0.05, 0.1) is 12.2 Å². The number of rotatable bonds is 8. The zero-order chi connectivity index (χ0) is 16.8. The van der Waals surface area contributed by atoms with Crippen molar-refractivity contribution in [2.75, 3.05) is 13.2 Å². The summed E-state index contributed by atoms with van der Waals surface area (Å²) >= 11 is 0. The molecule has 2 atom stereocenters. The Morgan fingerprint density at radius 1 is 1.36 bits per heavy atom. The second kappa shape index (κ2) is 8.03. The highest BCUT2D eigenvalue weighted by Crippen LogP contribution is 2.36. The van der Waals surface area contributed by atoms with Gasteiger partial charge in [0.2, 0.25) is 0 Å². The zero-order valence-electron chi connectivity index (χ0n) is 12.3. The maximum Gasteiger partial charge on any atom is 0.419 e. The first-order valence-corrected chi connectivity index (χ1v) is 6.95. The molecule has 0 spiro atoms. The van der Waals surface area contributed by atoms with E-state index in [1.54, 1.807) is 6.92 Å². The van der Waals surface area contributed by atoms with Gasteiger partial charge >= 0.3 is 12.1 Å². The molecule has 7 heteroatoms. The molecule has 0 bridgehead atoms. The number of para-hydroxylation sites is 1. The molecule has 0 aliphatic rings. The van der Waals surface area contributed by atoms with Crippen LogP contribution in [0.1, 0.15) is 25.3 Å². The van der Waals surface area contributed by atoms with Crippen LogP contribution in [0.15, 0.2) is 24.3 Å². The lowest BCUT2D eigenvalue weighted by atomic mass is 9.93. The second-order valence-electron chi connectivity index (χ2n) is 5.35. The fraction of sp³-hybridized carbons (Fsp3) is 0.533. The molecule has 22 heavy (non-hydrogen) atoms. The molecule has 3 N–H and O–H groups in total. The minimum absolute atomic E-state index is 0.0556. The van der Waals surface area contributed by atoms with Gasteiger partial charge in [0.1, 0.15) is 5.75 Å². The third-order valence-electron chi connectivity index (χ3n) is 3.25. The predicted octanol–water partition coefficient (Wildman–Crippen LogP) is 3.16. The predicted molar refractivity (Wildman–Crippen MR) is 75.5 cm³/mol. The van der Waals surface area contributed by atoms with Crippen molar-refractivity contribution in [2.45, 2.75) is 25.9 Å². The smallest absolute Gasteiger partial charge is 0.419 e. The first kappa shape index (κ1) is 18.3. The van der Waals surface area contributed by atoms with E-state index >= 15 is 0 Å². The molecule has 0 amide bonds. The Morgan fingerprint density at radius 2 is 2.00 bits per heavy atom. The van der Waals surface area contributed by atoms with Crippen LogP contribution in [0.2, 0.25) is 0 Å². The molecule has 1 aromatic carbocycles. The van der Waals surface area contributed by atoms with Gasteiger partial charge in [0.25, 0.3) is 0 Å². The molecule has 1 aromatic rings. The van der Waals surface area contributed by atoms with Gasteiger partial charge < -0.3 is 15.6 Å². The van der Waals surface area contributed by atoms with E-state index in [4.69, 9.17) is 15.6 Å². The minimum Gasteiger partial charge on any atom is -0.493 e. The fourth-order valence-electron chi connectivity index (χ4n) is 2.21. The Hall–Kier alpha value is -1.76. The van der Waals surface area contributed by atoms with E-state index in [2.05, 4.69) is 0 Å². The van der Waals surface area contributed by atoms with E-state index < -0.39 is 17.7 Å². The highest BCUT2D eigenvalue weighted by atomic mass is 19.4. The average molecular weight is 319 g/mol. The molecule has 0 heterocycles. The summed E-state index contributed by atoms with van der Waals surface area (Å²) in [6.45, 7) is 2.08. The number of carbonyl (C=O) groups is 1. The maximum atomic E-state index is 12.8. The second-order valence-corrected chi connectivity index (χ2v) is 5.35. The molecule has 124 valence electrons. The van der Waals surface area contributed by atoms with Crippen LogP contribution in [0, 0.1) is 11.8 Å². The molecule has 2 unspecified atom stereocenters. The van der Waals surface area contributed by atoms with Crippen molar-refractivity contribution in [3.63, 3.8) is 0 Å². The molecule has 4 nitrogen and oxygen atoms in total. The summed E-state index contributed by atoms with van der Waals surface area (Å²) in [5.41, 5.74) is 4.69. The van der Waals surface area contributed by atoms with Crippen molar-refractivity contribution in [2.24, 2.45) is 17.6 Å². The molecule has 0 aliphatic carbocycles. The van der Waals surface area contributed by atoms with Crippen LogP contribution in [-0.2, 0) is 11.0 Å². The van der Waals surface area contributed by atoms with Gasteiger partial charge in [-0.1, -0.05) is 19.1 Å². The van der Waals surface area contributed by atoms with Crippen molar-refractivity contribution in [1.29, 1.82) is 0 Å². The maximum absolute atomic E-state index is 12.8. The van der Waals surface area contributed by atoms with Gasteiger partial charge in [-0.3, -0.25) is 4.79 Å². The SMILES string of the molecule is CC(COc1ccccc1C(F)(F)F)CC(CN)CC(=O)O. The van der Waals surface area contributed by atoms with Crippen LogP contribution in [-0.4, -0.2) is 24.2 Å². The van der Waals surface area contributed by atoms with Gasteiger partial charge in [0, 0.05) is 6.42 Å². The number of hydrogen-bond acceptors (Lipinski definition) is 3. The Morgan fingerprint density at radius 3 is 2.55 bits per heavy atom. The van der Waals surface area contributed by atoms with Gasteiger partial charge in [-0.15, -0.1) is 0 Å². The number of halogens is 3. The van der Waals surface area contributed by atoms with Gasteiger partial charge in [-0.05, 0) is 36.9 Å². The quantitative estimate of drug-likeness (QED) is 0.772. The fourth-order valence-corrected chi connectivity index (χ4v) is 2.21. The number of nitrogens with two attached hydrogens (primary N) is 1. The normalized spacial score (nSPS) is 14.4. The molecule has 0 saturated heterocycles. The summed E-state index contributed by atoms with van der Waals surface area (Å²) in [5, 5.41) is 8.75. The van der Waals surface area contributed by atoms with E-state index in [0.29, 0.717) is 6.42 Å². The number of carboxylic acids is 1. The Balaban J connectivity index is 2.61. The van der Waals surface area contributed by atoms with Crippen molar-refractivity contribution in [3.8, 4) is 5.75 Å². The van der Waals surface area contributed by atoms with Crippen LogP contribution >= 0.6 is 0 Å². The number of carboxylic acid groups (broad SMARTS) is 1. The third-order valence-corrected chi connectivity index (χ3v) is 3.25. The monoisotopic (exact) mass is 319 g/mol. The average Bonchev–Trinajstić information content (AvgIpc) is 2.43.